The minimum atomic E-state index is -2.15. The Balaban J connectivity index is 1.71. The van der Waals surface area contributed by atoms with Gasteiger partial charge in [-0.05, 0) is 60.1 Å². The summed E-state index contributed by atoms with van der Waals surface area (Å²) in [5, 5.41) is 46.4. The van der Waals surface area contributed by atoms with Crippen LogP contribution in [0.4, 0.5) is 5.69 Å². The second-order valence-corrected chi connectivity index (χ2v) is 13.0. The number of amides is 5. The second kappa shape index (κ2) is 19.0. The number of carboxylic acids is 1. The van der Waals surface area contributed by atoms with Crippen molar-refractivity contribution in [2.75, 3.05) is 18.4 Å². The van der Waals surface area contributed by atoms with E-state index in [0.717, 1.165) is 5.56 Å². The molecule has 0 aliphatic heterocycles. The van der Waals surface area contributed by atoms with Gasteiger partial charge in [-0.3, -0.25) is 24.0 Å². The van der Waals surface area contributed by atoms with Crippen molar-refractivity contribution in [2.24, 2.45) is 17.6 Å². The van der Waals surface area contributed by atoms with Gasteiger partial charge in [-0.1, -0.05) is 64.1 Å². The van der Waals surface area contributed by atoms with Crippen molar-refractivity contribution < 1.29 is 39.0 Å². The molecule has 0 spiro atoms. The molecule has 0 aliphatic rings. The number of benzene rings is 2. The second-order valence-electron chi connectivity index (χ2n) is 13.0. The van der Waals surface area contributed by atoms with Crippen LogP contribution in [0.2, 0.25) is 0 Å². The highest BCUT2D eigenvalue weighted by atomic mass is 16.4. The zero-order valence-electron chi connectivity index (χ0n) is 29.4. The van der Waals surface area contributed by atoms with Crippen molar-refractivity contribution in [3.8, 4) is 0 Å². The molecule has 18 nitrogen and oxygen atoms in total. The Labute approximate surface area is 300 Å². The zero-order valence-corrected chi connectivity index (χ0v) is 29.4. The quantitative estimate of drug-likeness (QED) is 0.0774. The third kappa shape index (κ3) is 12.2. The molecule has 1 aromatic heterocycles. The van der Waals surface area contributed by atoms with Crippen LogP contribution in [0.5, 0.6) is 0 Å². The van der Waals surface area contributed by atoms with Crippen LogP contribution in [0.15, 0.2) is 54.6 Å². The molecule has 52 heavy (non-hydrogen) atoms. The molecule has 0 fully saturated rings. The predicted molar refractivity (Wildman–Crippen MR) is 187 cm³/mol. The number of rotatable bonds is 19. The number of carbonyl (C=O) groups is 6. The van der Waals surface area contributed by atoms with E-state index in [4.69, 9.17) is 5.73 Å². The largest absolute Gasteiger partial charge is 0.478 e. The first-order valence-corrected chi connectivity index (χ1v) is 16.7. The fraction of sp³-hybridized carbons (Fsp3) is 0.441. The van der Waals surface area contributed by atoms with Crippen molar-refractivity contribution in [2.45, 2.75) is 70.7 Å². The molecule has 0 unspecified atom stereocenters. The fourth-order valence-electron chi connectivity index (χ4n) is 5.00. The van der Waals surface area contributed by atoms with Crippen LogP contribution in [0, 0.1) is 11.8 Å². The number of aliphatic hydroxyl groups is 1. The maximum Gasteiger partial charge on any atom is 0.335 e. The van der Waals surface area contributed by atoms with Gasteiger partial charge in [0.2, 0.25) is 17.7 Å². The lowest BCUT2D eigenvalue weighted by atomic mass is 9.93. The van der Waals surface area contributed by atoms with E-state index in [2.05, 4.69) is 47.2 Å². The summed E-state index contributed by atoms with van der Waals surface area (Å²) in [7, 11) is 0. The van der Waals surface area contributed by atoms with E-state index in [0.29, 0.717) is 0 Å². The minimum absolute atomic E-state index is 0.0728. The summed E-state index contributed by atoms with van der Waals surface area (Å²) in [6.45, 7) is 6.21. The summed E-state index contributed by atoms with van der Waals surface area (Å²) in [6.07, 6.45) is 0.329. The number of anilines is 1. The van der Waals surface area contributed by atoms with Crippen LogP contribution in [-0.2, 0) is 25.6 Å². The van der Waals surface area contributed by atoms with Crippen LogP contribution < -0.4 is 32.3 Å². The van der Waals surface area contributed by atoms with E-state index in [9.17, 15) is 39.0 Å². The van der Waals surface area contributed by atoms with Crippen molar-refractivity contribution in [1.82, 2.24) is 41.9 Å². The summed E-state index contributed by atoms with van der Waals surface area (Å²) in [6, 6.07) is 11.1. The molecule has 4 atom stereocenters. The summed E-state index contributed by atoms with van der Waals surface area (Å²) >= 11 is 0. The van der Waals surface area contributed by atoms with Gasteiger partial charge >= 0.3 is 5.97 Å². The van der Waals surface area contributed by atoms with Gasteiger partial charge < -0.3 is 42.5 Å². The Morgan fingerprint density at radius 2 is 1.62 bits per heavy atom. The van der Waals surface area contributed by atoms with Crippen LogP contribution in [0.1, 0.15) is 67.1 Å². The van der Waals surface area contributed by atoms with E-state index in [1.807, 2.05) is 44.2 Å². The summed E-state index contributed by atoms with van der Waals surface area (Å²) in [4.78, 5) is 77.1. The Kier molecular flexibility index (Phi) is 14.9. The number of carboxylic acid groups (broad SMARTS) is 1. The van der Waals surface area contributed by atoms with Crippen LogP contribution in [0.3, 0.4) is 0 Å². The average molecular weight is 723 g/mol. The lowest BCUT2D eigenvalue weighted by Crippen LogP contribution is -2.59. The van der Waals surface area contributed by atoms with Crippen molar-refractivity contribution >= 4 is 41.2 Å². The standard InChI is InChI=1S/C34H46N10O8/c1-19(2)15-25(39-30(47)26(20(3)4)40-28(45)24(35)17-36-31(48)27-41-43-44-42-27)29(46)37-18-34(52,14-13-21-9-6-5-7-10-21)33(51)38-23-12-8-11-22(16-23)32(49)50/h5-12,16,19-20,24-26,52H,13-15,17-18,35H2,1-4H3,(H,36,48)(H,37,46)(H,38,51)(H,39,47)(H,40,45)(H,49,50)(H,41,42,43,44)/t24-,25-,26-,34-/m0/s1. The van der Waals surface area contributed by atoms with E-state index in [1.165, 1.54) is 24.3 Å². The van der Waals surface area contributed by atoms with E-state index in [1.54, 1.807) is 13.8 Å². The Hall–Kier alpha value is -5.75. The molecule has 0 bridgehead atoms. The van der Waals surface area contributed by atoms with Gasteiger partial charge in [0.25, 0.3) is 17.6 Å². The highest BCUT2D eigenvalue weighted by Gasteiger charge is 2.38. The van der Waals surface area contributed by atoms with Gasteiger partial charge in [0.15, 0.2) is 5.60 Å². The van der Waals surface area contributed by atoms with Gasteiger partial charge in [0, 0.05) is 12.2 Å². The molecular formula is C34H46N10O8. The maximum absolute atomic E-state index is 13.6. The Bertz CT molecular complexity index is 1690. The van der Waals surface area contributed by atoms with E-state index >= 15 is 0 Å². The molecule has 0 saturated carbocycles. The van der Waals surface area contributed by atoms with Crippen LogP contribution >= 0.6 is 0 Å². The molecule has 5 amide bonds. The van der Waals surface area contributed by atoms with Gasteiger partial charge in [0.1, 0.15) is 18.1 Å². The number of H-pyrrole nitrogens is 1. The van der Waals surface area contributed by atoms with Crippen molar-refractivity contribution in [3.63, 3.8) is 0 Å². The number of nitrogens with zero attached hydrogens (tertiary/aromatic N) is 3. The number of nitrogens with two attached hydrogens (primary N) is 1. The molecule has 3 aromatic rings. The number of aryl methyl sites for hydroxylation is 1. The lowest BCUT2D eigenvalue weighted by molar-refractivity contribution is -0.137. The lowest BCUT2D eigenvalue weighted by Gasteiger charge is -2.30. The molecule has 18 heteroatoms. The van der Waals surface area contributed by atoms with Gasteiger partial charge in [-0.15, -0.1) is 10.2 Å². The van der Waals surface area contributed by atoms with Crippen molar-refractivity contribution in [3.05, 3.63) is 71.5 Å². The number of aromatic carboxylic acids is 1. The minimum Gasteiger partial charge on any atom is -0.478 e. The maximum atomic E-state index is 13.6. The zero-order chi connectivity index (χ0) is 38.4. The van der Waals surface area contributed by atoms with E-state index < -0.39 is 71.7 Å². The first kappa shape index (κ1) is 40.7. The van der Waals surface area contributed by atoms with Gasteiger partial charge in [-0.2, -0.15) is 5.21 Å². The summed E-state index contributed by atoms with van der Waals surface area (Å²) in [5.41, 5.74) is 4.69. The number of aromatic amines is 1. The van der Waals surface area contributed by atoms with E-state index in [-0.39, 0.29) is 48.8 Å². The average Bonchev–Trinajstić information content (AvgIpc) is 3.66. The van der Waals surface area contributed by atoms with Gasteiger partial charge in [-0.25, -0.2) is 4.79 Å². The monoisotopic (exact) mass is 722 g/mol. The molecule has 0 radical (unpaired) electrons. The summed E-state index contributed by atoms with van der Waals surface area (Å²) < 4.78 is 0. The highest BCUT2D eigenvalue weighted by molar-refractivity contribution is 5.99. The molecular weight excluding hydrogens is 676 g/mol. The normalized spacial score (nSPS) is 14.0. The third-order valence-electron chi connectivity index (χ3n) is 7.97. The van der Waals surface area contributed by atoms with Crippen molar-refractivity contribution in [1.29, 1.82) is 0 Å². The number of aromatic nitrogens is 4. The number of hydrogen-bond donors (Lipinski definition) is 9. The molecule has 3 rings (SSSR count). The summed E-state index contributed by atoms with van der Waals surface area (Å²) in [5.74, 6) is -5.66. The third-order valence-corrected chi connectivity index (χ3v) is 7.97. The first-order chi connectivity index (χ1) is 24.6. The number of carbonyl (C=O) groups excluding carboxylic acids is 5. The van der Waals surface area contributed by atoms with Crippen LogP contribution in [-0.4, -0.2) is 103 Å². The fourth-order valence-corrected chi connectivity index (χ4v) is 5.00. The molecule has 1 heterocycles. The Morgan fingerprint density at radius 3 is 2.23 bits per heavy atom. The topological polar surface area (TPSA) is 284 Å². The predicted octanol–water partition coefficient (Wildman–Crippen LogP) is -0.254. The van der Waals surface area contributed by atoms with Gasteiger partial charge in [0.05, 0.1) is 12.1 Å². The molecule has 2 aromatic carbocycles. The number of nitrogens with one attached hydrogen (secondary N) is 6. The number of tetrazole rings is 1. The number of hydrogen-bond acceptors (Lipinski definition) is 11. The Morgan fingerprint density at radius 1 is 0.904 bits per heavy atom. The first-order valence-electron chi connectivity index (χ1n) is 16.7. The molecule has 10 N–H and O–H groups in total. The SMILES string of the molecule is CC(C)C[C@H](NC(=O)[C@@H](NC(=O)[C@@H](N)CNC(=O)c1nn[nH]n1)C(C)C)C(=O)NC[C@@](O)(CCc1ccccc1)C(=O)Nc1cccc(C(=O)O)c1. The molecule has 280 valence electrons. The molecule has 0 aliphatic carbocycles. The smallest absolute Gasteiger partial charge is 0.335 e. The molecule has 0 saturated heterocycles. The van der Waals surface area contributed by atoms with Crippen LogP contribution in [0.25, 0.3) is 0 Å². The highest BCUT2D eigenvalue weighted by Crippen LogP contribution is 2.19.